The Kier molecular flexibility index (Phi) is 6.15. The van der Waals surface area contributed by atoms with Gasteiger partial charge in [-0.05, 0) is 55.7 Å². The standard InChI is InChI=1S/C19H20BrNO3/c1-12-8-15(10-22)9-13(2)19(12)24-11-18(23)21-14(3)16-6-4-5-7-17(16)20/h4-10,14H,11H2,1-3H3,(H,21,23)/t14-/m1/s1. The van der Waals surface area contributed by atoms with Gasteiger partial charge in [0.05, 0.1) is 6.04 Å². The minimum Gasteiger partial charge on any atom is -0.483 e. The van der Waals surface area contributed by atoms with Crippen LogP contribution in [0.2, 0.25) is 0 Å². The van der Waals surface area contributed by atoms with E-state index >= 15 is 0 Å². The fourth-order valence-corrected chi connectivity index (χ4v) is 3.23. The first-order valence-electron chi connectivity index (χ1n) is 7.65. The van der Waals surface area contributed by atoms with Crippen LogP contribution in [-0.2, 0) is 4.79 Å². The Morgan fingerprint density at radius 3 is 2.46 bits per heavy atom. The molecule has 0 spiro atoms. The number of nitrogens with one attached hydrogen (secondary N) is 1. The van der Waals surface area contributed by atoms with Crippen molar-refractivity contribution in [3.05, 3.63) is 63.1 Å². The lowest BCUT2D eigenvalue weighted by Crippen LogP contribution is -2.31. The summed E-state index contributed by atoms with van der Waals surface area (Å²) >= 11 is 3.48. The van der Waals surface area contributed by atoms with Gasteiger partial charge in [0.25, 0.3) is 5.91 Å². The van der Waals surface area contributed by atoms with Crippen LogP contribution in [0.3, 0.4) is 0 Å². The van der Waals surface area contributed by atoms with Gasteiger partial charge in [-0.25, -0.2) is 0 Å². The quantitative estimate of drug-likeness (QED) is 0.755. The first kappa shape index (κ1) is 18.2. The number of carbonyl (C=O) groups excluding carboxylic acids is 2. The molecule has 1 atom stereocenters. The summed E-state index contributed by atoms with van der Waals surface area (Å²) < 4.78 is 6.61. The first-order valence-corrected chi connectivity index (χ1v) is 8.44. The molecular formula is C19H20BrNO3. The summed E-state index contributed by atoms with van der Waals surface area (Å²) in [6.07, 6.45) is 0.801. The van der Waals surface area contributed by atoms with Crippen molar-refractivity contribution < 1.29 is 14.3 Å². The number of halogens is 1. The van der Waals surface area contributed by atoms with E-state index in [-0.39, 0.29) is 18.6 Å². The van der Waals surface area contributed by atoms with Crippen molar-refractivity contribution in [1.29, 1.82) is 0 Å². The second-order valence-corrected chi connectivity index (χ2v) is 6.56. The van der Waals surface area contributed by atoms with E-state index in [1.807, 2.05) is 45.0 Å². The van der Waals surface area contributed by atoms with Gasteiger partial charge in [-0.15, -0.1) is 0 Å². The van der Waals surface area contributed by atoms with Crippen molar-refractivity contribution >= 4 is 28.1 Å². The fourth-order valence-electron chi connectivity index (χ4n) is 2.60. The molecule has 0 aliphatic rings. The molecule has 0 fully saturated rings. The van der Waals surface area contributed by atoms with Crippen molar-refractivity contribution in [3.8, 4) is 5.75 Å². The third-order valence-corrected chi connectivity index (χ3v) is 4.44. The molecule has 0 aliphatic carbocycles. The summed E-state index contributed by atoms with van der Waals surface area (Å²) in [5.74, 6) is 0.445. The SMILES string of the molecule is Cc1cc(C=O)cc(C)c1OCC(=O)N[C@H](C)c1ccccc1Br. The normalized spacial score (nSPS) is 11.7. The maximum absolute atomic E-state index is 12.1. The zero-order valence-corrected chi connectivity index (χ0v) is 15.5. The van der Waals surface area contributed by atoms with Gasteiger partial charge in [0, 0.05) is 10.0 Å². The molecule has 24 heavy (non-hydrogen) atoms. The highest BCUT2D eigenvalue weighted by Crippen LogP contribution is 2.25. The number of aldehydes is 1. The van der Waals surface area contributed by atoms with Crippen LogP contribution in [0.5, 0.6) is 5.75 Å². The smallest absolute Gasteiger partial charge is 0.258 e. The number of hydrogen-bond donors (Lipinski definition) is 1. The molecule has 0 aliphatic heterocycles. The summed E-state index contributed by atoms with van der Waals surface area (Å²) in [6.45, 7) is 5.57. The Hall–Kier alpha value is -2.14. The van der Waals surface area contributed by atoms with E-state index < -0.39 is 0 Å². The number of carbonyl (C=O) groups is 2. The molecule has 1 amide bonds. The molecule has 0 aromatic heterocycles. The Balaban J connectivity index is 1.99. The Bertz CT molecular complexity index is 735. The van der Waals surface area contributed by atoms with Crippen LogP contribution < -0.4 is 10.1 Å². The van der Waals surface area contributed by atoms with Gasteiger partial charge in [-0.3, -0.25) is 9.59 Å². The molecule has 2 aromatic rings. The first-order chi connectivity index (χ1) is 11.4. The molecule has 0 saturated heterocycles. The third-order valence-electron chi connectivity index (χ3n) is 3.72. The molecule has 0 heterocycles. The minimum absolute atomic E-state index is 0.0725. The lowest BCUT2D eigenvalue weighted by Gasteiger charge is -2.17. The highest BCUT2D eigenvalue weighted by Gasteiger charge is 2.14. The van der Waals surface area contributed by atoms with Crippen LogP contribution in [0.4, 0.5) is 0 Å². The van der Waals surface area contributed by atoms with E-state index in [4.69, 9.17) is 4.74 Å². The number of hydrogen-bond acceptors (Lipinski definition) is 3. The topological polar surface area (TPSA) is 55.4 Å². The molecular weight excluding hydrogens is 370 g/mol. The lowest BCUT2D eigenvalue weighted by atomic mass is 10.1. The predicted molar refractivity (Wildman–Crippen MR) is 97.5 cm³/mol. The van der Waals surface area contributed by atoms with Crippen LogP contribution in [0.15, 0.2) is 40.9 Å². The Morgan fingerprint density at radius 2 is 1.88 bits per heavy atom. The Morgan fingerprint density at radius 1 is 1.25 bits per heavy atom. The molecule has 126 valence electrons. The third kappa shape index (κ3) is 4.45. The van der Waals surface area contributed by atoms with Crippen LogP contribution in [0.25, 0.3) is 0 Å². The van der Waals surface area contributed by atoms with Crippen LogP contribution >= 0.6 is 15.9 Å². The van der Waals surface area contributed by atoms with Gasteiger partial charge in [0.15, 0.2) is 6.61 Å². The largest absolute Gasteiger partial charge is 0.483 e. The van der Waals surface area contributed by atoms with Crippen molar-refractivity contribution in [1.82, 2.24) is 5.32 Å². The maximum atomic E-state index is 12.1. The van der Waals surface area contributed by atoms with E-state index in [9.17, 15) is 9.59 Å². The van der Waals surface area contributed by atoms with Gasteiger partial charge in [-0.2, -0.15) is 0 Å². The number of rotatable bonds is 6. The molecule has 0 bridgehead atoms. The average Bonchev–Trinajstić information content (AvgIpc) is 2.54. The molecule has 5 heteroatoms. The van der Waals surface area contributed by atoms with E-state index in [0.29, 0.717) is 11.3 Å². The zero-order chi connectivity index (χ0) is 17.7. The fraction of sp³-hybridized carbons (Fsp3) is 0.263. The average molecular weight is 390 g/mol. The summed E-state index contributed by atoms with van der Waals surface area (Å²) in [5.41, 5.74) is 3.28. The molecule has 0 radical (unpaired) electrons. The van der Waals surface area contributed by atoms with E-state index in [1.165, 1.54) is 0 Å². The van der Waals surface area contributed by atoms with E-state index in [1.54, 1.807) is 12.1 Å². The molecule has 2 rings (SSSR count). The van der Waals surface area contributed by atoms with Crippen LogP contribution in [0, 0.1) is 13.8 Å². The monoisotopic (exact) mass is 389 g/mol. The minimum atomic E-state index is -0.198. The summed E-state index contributed by atoms with van der Waals surface area (Å²) in [6, 6.07) is 11.1. The van der Waals surface area contributed by atoms with E-state index in [0.717, 1.165) is 27.4 Å². The summed E-state index contributed by atoms with van der Waals surface area (Å²) in [4.78, 5) is 23.0. The number of amides is 1. The van der Waals surface area contributed by atoms with Gasteiger partial charge >= 0.3 is 0 Å². The second-order valence-electron chi connectivity index (χ2n) is 5.70. The number of benzene rings is 2. The number of ether oxygens (including phenoxy) is 1. The van der Waals surface area contributed by atoms with Crippen molar-refractivity contribution in [3.63, 3.8) is 0 Å². The van der Waals surface area contributed by atoms with Crippen molar-refractivity contribution in [2.75, 3.05) is 6.61 Å². The molecule has 0 unspecified atom stereocenters. The Labute approximate surface area is 150 Å². The number of aryl methyl sites for hydroxylation is 2. The van der Waals surface area contributed by atoms with Crippen molar-refractivity contribution in [2.24, 2.45) is 0 Å². The molecule has 4 nitrogen and oxygen atoms in total. The van der Waals surface area contributed by atoms with Crippen LogP contribution in [-0.4, -0.2) is 18.8 Å². The van der Waals surface area contributed by atoms with Crippen LogP contribution in [0.1, 0.15) is 40.0 Å². The molecule has 2 aromatic carbocycles. The summed E-state index contributed by atoms with van der Waals surface area (Å²) in [5, 5.41) is 2.92. The molecule has 1 N–H and O–H groups in total. The zero-order valence-electron chi connectivity index (χ0n) is 13.9. The highest BCUT2D eigenvalue weighted by molar-refractivity contribution is 9.10. The highest BCUT2D eigenvalue weighted by atomic mass is 79.9. The van der Waals surface area contributed by atoms with Gasteiger partial charge in [0.2, 0.25) is 0 Å². The van der Waals surface area contributed by atoms with Gasteiger partial charge < -0.3 is 10.1 Å². The predicted octanol–water partition coefficient (Wildman–Crippen LogP) is 4.13. The summed E-state index contributed by atoms with van der Waals surface area (Å²) in [7, 11) is 0. The lowest BCUT2D eigenvalue weighted by molar-refractivity contribution is -0.123. The molecule has 0 saturated carbocycles. The van der Waals surface area contributed by atoms with E-state index in [2.05, 4.69) is 21.2 Å². The van der Waals surface area contributed by atoms with Gasteiger partial charge in [0.1, 0.15) is 12.0 Å². The maximum Gasteiger partial charge on any atom is 0.258 e. The van der Waals surface area contributed by atoms with Crippen molar-refractivity contribution in [2.45, 2.75) is 26.8 Å². The van der Waals surface area contributed by atoms with Gasteiger partial charge in [-0.1, -0.05) is 34.1 Å². The second kappa shape index (κ2) is 8.11.